The van der Waals surface area contributed by atoms with E-state index in [1.165, 1.54) is 18.6 Å². The van der Waals surface area contributed by atoms with Crippen LogP contribution >= 0.6 is 11.6 Å². The van der Waals surface area contributed by atoms with E-state index in [2.05, 4.69) is 35.2 Å². The van der Waals surface area contributed by atoms with Gasteiger partial charge in [-0.25, -0.2) is 14.5 Å². The van der Waals surface area contributed by atoms with Crippen LogP contribution in [0.5, 0.6) is 0 Å². The van der Waals surface area contributed by atoms with Crippen LogP contribution in [0.2, 0.25) is 5.15 Å². The van der Waals surface area contributed by atoms with Gasteiger partial charge in [-0.15, -0.1) is 10.2 Å². The lowest BCUT2D eigenvalue weighted by atomic mass is 9.99. The SMILES string of the molecule is O=C(c1nnc(-c2cnccn2)o1)N1CCc2[nH]cnc2C1c1cc2cccc(Cl)n2n1. The fourth-order valence-electron chi connectivity index (χ4n) is 3.88. The number of H-pyrrole nitrogens is 1. The van der Waals surface area contributed by atoms with Crippen LogP contribution in [-0.4, -0.2) is 57.1 Å². The summed E-state index contributed by atoms with van der Waals surface area (Å²) in [5.74, 6) is -0.444. The number of fused-ring (bicyclic) bond motifs is 2. The van der Waals surface area contributed by atoms with Crippen molar-refractivity contribution in [3.05, 3.63) is 77.3 Å². The molecular weight excluding hydrogens is 434 g/mol. The highest BCUT2D eigenvalue weighted by Crippen LogP contribution is 2.34. The molecule has 0 aliphatic carbocycles. The molecule has 0 saturated heterocycles. The lowest BCUT2D eigenvalue weighted by Gasteiger charge is -2.32. The Bertz CT molecular complexity index is 1440. The number of aromatic amines is 1. The Morgan fingerprint density at radius 3 is 3.00 bits per heavy atom. The van der Waals surface area contributed by atoms with Crippen molar-refractivity contribution in [1.82, 2.24) is 44.6 Å². The minimum Gasteiger partial charge on any atom is -0.411 e. The van der Waals surface area contributed by atoms with Gasteiger partial charge in [-0.05, 0) is 18.2 Å². The second-order valence-corrected chi connectivity index (χ2v) is 7.56. The molecule has 6 rings (SSSR count). The summed E-state index contributed by atoms with van der Waals surface area (Å²) in [5, 5.41) is 13.0. The molecule has 0 spiro atoms. The molecular formula is C20H14ClN9O2. The first-order valence-electron chi connectivity index (χ1n) is 9.76. The number of imidazole rings is 1. The number of amides is 1. The molecule has 5 aromatic heterocycles. The van der Waals surface area contributed by atoms with Gasteiger partial charge in [-0.2, -0.15) is 5.10 Å². The maximum Gasteiger partial charge on any atom is 0.312 e. The van der Waals surface area contributed by atoms with Gasteiger partial charge in [0.25, 0.3) is 5.89 Å². The molecule has 158 valence electrons. The zero-order valence-corrected chi connectivity index (χ0v) is 17.1. The van der Waals surface area contributed by atoms with Crippen LogP contribution in [0, 0.1) is 0 Å². The van der Waals surface area contributed by atoms with E-state index in [1.807, 2.05) is 18.2 Å². The number of carbonyl (C=O) groups excluding carboxylic acids is 1. The van der Waals surface area contributed by atoms with Crippen molar-refractivity contribution in [3.8, 4) is 11.6 Å². The highest BCUT2D eigenvalue weighted by Gasteiger charge is 2.38. The highest BCUT2D eigenvalue weighted by molar-refractivity contribution is 6.29. The van der Waals surface area contributed by atoms with E-state index in [0.29, 0.717) is 29.5 Å². The van der Waals surface area contributed by atoms with E-state index in [-0.39, 0.29) is 11.8 Å². The van der Waals surface area contributed by atoms with Crippen molar-refractivity contribution in [2.45, 2.75) is 12.5 Å². The van der Waals surface area contributed by atoms with E-state index in [1.54, 1.807) is 21.8 Å². The third-order valence-electron chi connectivity index (χ3n) is 5.32. The Labute approximate surface area is 185 Å². The summed E-state index contributed by atoms with van der Waals surface area (Å²) in [6.07, 6.45) is 6.76. The second kappa shape index (κ2) is 7.24. The van der Waals surface area contributed by atoms with Gasteiger partial charge in [0.1, 0.15) is 16.9 Å². The van der Waals surface area contributed by atoms with Crippen molar-refractivity contribution in [3.63, 3.8) is 0 Å². The summed E-state index contributed by atoms with van der Waals surface area (Å²) in [5.41, 5.74) is 3.50. The number of carbonyl (C=O) groups is 1. The van der Waals surface area contributed by atoms with Gasteiger partial charge in [-0.3, -0.25) is 9.78 Å². The smallest absolute Gasteiger partial charge is 0.312 e. The van der Waals surface area contributed by atoms with Crippen LogP contribution in [0.3, 0.4) is 0 Å². The highest BCUT2D eigenvalue weighted by atomic mass is 35.5. The summed E-state index contributed by atoms with van der Waals surface area (Å²) in [6, 6.07) is 6.84. The molecule has 0 saturated carbocycles. The Kier molecular flexibility index (Phi) is 4.21. The van der Waals surface area contributed by atoms with E-state index in [9.17, 15) is 4.79 Å². The number of rotatable bonds is 3. The number of hydrogen-bond donors (Lipinski definition) is 1. The largest absolute Gasteiger partial charge is 0.411 e. The summed E-state index contributed by atoms with van der Waals surface area (Å²) in [6.45, 7) is 0.420. The third kappa shape index (κ3) is 2.94. The van der Waals surface area contributed by atoms with Gasteiger partial charge >= 0.3 is 11.8 Å². The van der Waals surface area contributed by atoms with Crippen molar-refractivity contribution in [1.29, 1.82) is 0 Å². The predicted molar refractivity (Wildman–Crippen MR) is 111 cm³/mol. The fourth-order valence-corrected chi connectivity index (χ4v) is 4.08. The van der Waals surface area contributed by atoms with Crippen LogP contribution in [0.25, 0.3) is 17.1 Å². The summed E-state index contributed by atoms with van der Waals surface area (Å²) in [4.78, 5) is 30.8. The Balaban J connectivity index is 1.41. The Hall–Kier alpha value is -4.12. The third-order valence-corrected chi connectivity index (χ3v) is 5.60. The first-order chi connectivity index (χ1) is 15.7. The summed E-state index contributed by atoms with van der Waals surface area (Å²) in [7, 11) is 0. The number of pyridine rings is 1. The van der Waals surface area contributed by atoms with E-state index in [4.69, 9.17) is 16.0 Å². The molecule has 1 aliphatic rings. The van der Waals surface area contributed by atoms with Crippen molar-refractivity contribution >= 4 is 23.0 Å². The fraction of sp³-hybridized carbons (Fsp3) is 0.150. The van der Waals surface area contributed by atoms with Gasteiger partial charge in [-0.1, -0.05) is 17.7 Å². The van der Waals surface area contributed by atoms with Gasteiger partial charge in [0.2, 0.25) is 0 Å². The molecule has 1 unspecified atom stereocenters. The molecule has 0 radical (unpaired) electrons. The zero-order valence-electron chi connectivity index (χ0n) is 16.4. The van der Waals surface area contributed by atoms with Gasteiger partial charge in [0.15, 0.2) is 0 Å². The summed E-state index contributed by atoms with van der Waals surface area (Å²) >= 11 is 6.30. The molecule has 32 heavy (non-hydrogen) atoms. The lowest BCUT2D eigenvalue weighted by Crippen LogP contribution is -2.41. The maximum absolute atomic E-state index is 13.4. The van der Waals surface area contributed by atoms with Crippen LogP contribution < -0.4 is 0 Å². The number of nitrogens with one attached hydrogen (secondary N) is 1. The van der Waals surface area contributed by atoms with Gasteiger partial charge in [0.05, 0.1) is 29.4 Å². The summed E-state index contributed by atoms with van der Waals surface area (Å²) < 4.78 is 7.25. The van der Waals surface area contributed by atoms with E-state index in [0.717, 1.165) is 16.9 Å². The molecule has 0 aromatic carbocycles. The second-order valence-electron chi connectivity index (χ2n) is 7.17. The minimum atomic E-state index is -0.541. The molecule has 5 aromatic rings. The number of nitrogens with zero attached hydrogens (tertiary/aromatic N) is 8. The van der Waals surface area contributed by atoms with Gasteiger partial charge < -0.3 is 14.3 Å². The number of hydrogen-bond acceptors (Lipinski definition) is 8. The first kappa shape index (κ1) is 18.6. The van der Waals surface area contributed by atoms with Crippen LogP contribution in [-0.2, 0) is 6.42 Å². The quantitative estimate of drug-likeness (QED) is 0.417. The normalized spacial score (nSPS) is 15.8. The topological polar surface area (TPSA) is 131 Å². The van der Waals surface area contributed by atoms with Gasteiger partial charge in [0, 0.05) is 31.1 Å². The molecule has 1 aliphatic heterocycles. The molecule has 0 bridgehead atoms. The van der Waals surface area contributed by atoms with Crippen LogP contribution in [0.4, 0.5) is 0 Å². The number of halogens is 1. The molecule has 1 amide bonds. The standard InChI is InChI=1S/C20H14ClN9O2/c21-15-3-1-2-11-8-13(28-30(11)15)17-16-12(24-10-25-16)4-7-29(17)20(31)19-27-26-18(32-19)14-9-22-5-6-23-14/h1-3,5-6,8-10,17H,4,7H2,(H,24,25). The lowest BCUT2D eigenvalue weighted by molar-refractivity contribution is 0.0646. The van der Waals surface area contributed by atoms with Crippen LogP contribution in [0.15, 0.2) is 53.6 Å². The molecule has 6 heterocycles. The van der Waals surface area contributed by atoms with Crippen LogP contribution in [0.1, 0.15) is 33.8 Å². The average molecular weight is 448 g/mol. The maximum atomic E-state index is 13.4. The minimum absolute atomic E-state index is 0.120. The monoisotopic (exact) mass is 447 g/mol. The molecule has 0 fully saturated rings. The first-order valence-corrected chi connectivity index (χ1v) is 10.1. The molecule has 1 atom stereocenters. The van der Waals surface area contributed by atoms with E-state index < -0.39 is 11.9 Å². The molecule has 12 heteroatoms. The van der Waals surface area contributed by atoms with Crippen molar-refractivity contribution in [2.75, 3.05) is 6.54 Å². The van der Waals surface area contributed by atoms with Crippen molar-refractivity contribution < 1.29 is 9.21 Å². The van der Waals surface area contributed by atoms with Crippen molar-refractivity contribution in [2.24, 2.45) is 0 Å². The predicted octanol–water partition coefficient (Wildman–Crippen LogP) is 2.34. The zero-order chi connectivity index (χ0) is 21.7. The van der Waals surface area contributed by atoms with E-state index >= 15 is 0 Å². The number of aromatic nitrogens is 8. The Morgan fingerprint density at radius 2 is 2.16 bits per heavy atom. The average Bonchev–Trinajstić information content (AvgIpc) is 3.58. The molecule has 11 nitrogen and oxygen atoms in total. The Morgan fingerprint density at radius 1 is 1.22 bits per heavy atom. The molecule has 1 N–H and O–H groups in total.